The van der Waals surface area contributed by atoms with E-state index in [4.69, 9.17) is 4.98 Å². The number of hydrogen-bond donors (Lipinski definition) is 1. The topological polar surface area (TPSA) is 50.2 Å². The molecule has 1 aliphatic rings. The largest absolute Gasteiger partial charge is 0.359 e. The number of amides is 1. The number of para-hydroxylation sites is 2. The van der Waals surface area contributed by atoms with E-state index in [1.807, 2.05) is 30.3 Å². The maximum atomic E-state index is 13.6. The Balaban J connectivity index is 1.65. The molecule has 1 fully saturated rings. The molecule has 0 atom stereocenters. The molecule has 5 nitrogen and oxygen atoms in total. The molecule has 0 saturated carbocycles. The predicted molar refractivity (Wildman–Crippen MR) is 104 cm³/mol. The van der Waals surface area contributed by atoms with Crippen molar-refractivity contribution < 1.29 is 9.18 Å². The van der Waals surface area contributed by atoms with Crippen LogP contribution in [0.15, 0.2) is 48.5 Å². The van der Waals surface area contributed by atoms with E-state index in [-0.39, 0.29) is 17.6 Å². The zero-order valence-corrected chi connectivity index (χ0v) is 15.4. The number of fused-ring (bicyclic) bond motifs is 1. The zero-order chi connectivity index (χ0) is 18.8. The quantitative estimate of drug-likeness (QED) is 0.772. The third-order valence-electron chi connectivity index (χ3n) is 5.26. The van der Waals surface area contributed by atoms with Gasteiger partial charge in [-0.25, -0.2) is 9.37 Å². The number of rotatable bonds is 4. The SMILES string of the molecule is CNC(=O)C1CCN(c2nc3ccccc3n2Cc2cccc(F)c2)CC1. The summed E-state index contributed by atoms with van der Waals surface area (Å²) < 4.78 is 15.8. The highest BCUT2D eigenvalue weighted by molar-refractivity contribution is 5.80. The fraction of sp³-hybridized carbons (Fsp3) is 0.333. The molecule has 6 heteroatoms. The van der Waals surface area contributed by atoms with E-state index in [1.54, 1.807) is 19.2 Å². The molecule has 3 aromatic rings. The summed E-state index contributed by atoms with van der Waals surface area (Å²) >= 11 is 0. The summed E-state index contributed by atoms with van der Waals surface area (Å²) in [5.74, 6) is 0.830. The number of anilines is 1. The zero-order valence-electron chi connectivity index (χ0n) is 15.4. The van der Waals surface area contributed by atoms with Crippen molar-refractivity contribution in [1.29, 1.82) is 0 Å². The lowest BCUT2D eigenvalue weighted by Crippen LogP contribution is -2.40. The average Bonchev–Trinajstić information content (AvgIpc) is 3.06. The van der Waals surface area contributed by atoms with Crippen molar-refractivity contribution in [2.45, 2.75) is 19.4 Å². The summed E-state index contributed by atoms with van der Waals surface area (Å²) in [4.78, 5) is 19.0. The van der Waals surface area contributed by atoms with Gasteiger partial charge in [-0.3, -0.25) is 4.79 Å². The van der Waals surface area contributed by atoms with Crippen LogP contribution < -0.4 is 10.2 Å². The van der Waals surface area contributed by atoms with Gasteiger partial charge >= 0.3 is 0 Å². The van der Waals surface area contributed by atoms with Crippen LogP contribution in [0.5, 0.6) is 0 Å². The number of carbonyl (C=O) groups excluding carboxylic acids is 1. The molecule has 2 aromatic carbocycles. The van der Waals surface area contributed by atoms with Gasteiger partial charge in [-0.2, -0.15) is 0 Å². The minimum Gasteiger partial charge on any atom is -0.359 e. The Kier molecular flexibility index (Phi) is 4.79. The van der Waals surface area contributed by atoms with Crippen molar-refractivity contribution in [3.8, 4) is 0 Å². The van der Waals surface area contributed by atoms with Crippen LogP contribution in [0.2, 0.25) is 0 Å². The van der Waals surface area contributed by atoms with Crippen molar-refractivity contribution >= 4 is 22.9 Å². The number of halogens is 1. The van der Waals surface area contributed by atoms with Crippen molar-refractivity contribution in [3.63, 3.8) is 0 Å². The lowest BCUT2D eigenvalue weighted by atomic mass is 9.96. The summed E-state index contributed by atoms with van der Waals surface area (Å²) in [5.41, 5.74) is 2.86. The van der Waals surface area contributed by atoms with Crippen molar-refractivity contribution in [2.24, 2.45) is 5.92 Å². The number of nitrogens with zero attached hydrogens (tertiary/aromatic N) is 3. The lowest BCUT2D eigenvalue weighted by molar-refractivity contribution is -0.125. The second-order valence-electron chi connectivity index (χ2n) is 6.99. The standard InChI is InChI=1S/C21H23FN4O/c1-23-20(27)16-9-11-25(12-10-16)21-24-18-7-2-3-8-19(18)26(21)14-15-5-4-6-17(22)13-15/h2-8,13,16H,9-12,14H2,1H3,(H,23,27). The molecule has 1 N–H and O–H groups in total. The van der Waals surface area contributed by atoms with E-state index in [0.29, 0.717) is 6.54 Å². The Hall–Kier alpha value is -2.89. The van der Waals surface area contributed by atoms with Crippen LogP contribution in [-0.4, -0.2) is 35.6 Å². The molecule has 1 aliphatic heterocycles. The molecule has 27 heavy (non-hydrogen) atoms. The number of benzene rings is 2. The number of hydrogen-bond acceptors (Lipinski definition) is 3. The first-order valence-electron chi connectivity index (χ1n) is 9.32. The molecule has 4 rings (SSSR count). The van der Waals surface area contributed by atoms with Gasteiger partial charge in [0.05, 0.1) is 17.6 Å². The fourth-order valence-electron chi connectivity index (χ4n) is 3.82. The van der Waals surface area contributed by atoms with E-state index >= 15 is 0 Å². The first kappa shape index (κ1) is 17.5. The number of carbonyl (C=O) groups is 1. The highest BCUT2D eigenvalue weighted by Crippen LogP contribution is 2.28. The smallest absolute Gasteiger partial charge is 0.222 e. The van der Waals surface area contributed by atoms with Gasteiger partial charge in [0, 0.05) is 26.1 Å². The maximum absolute atomic E-state index is 13.6. The van der Waals surface area contributed by atoms with Gasteiger partial charge < -0.3 is 14.8 Å². The second kappa shape index (κ2) is 7.39. The molecular formula is C21H23FN4O. The molecule has 1 amide bonds. The van der Waals surface area contributed by atoms with Crippen LogP contribution in [0, 0.1) is 11.7 Å². The maximum Gasteiger partial charge on any atom is 0.222 e. The van der Waals surface area contributed by atoms with E-state index in [2.05, 4.69) is 14.8 Å². The predicted octanol–water partition coefficient (Wildman–Crippen LogP) is 3.19. The third-order valence-corrected chi connectivity index (χ3v) is 5.26. The number of piperidine rings is 1. The Morgan fingerprint density at radius 2 is 1.96 bits per heavy atom. The first-order chi connectivity index (χ1) is 13.2. The van der Waals surface area contributed by atoms with Gasteiger partial charge in [0.25, 0.3) is 0 Å². The molecule has 0 bridgehead atoms. The van der Waals surface area contributed by atoms with Crippen molar-refractivity contribution in [2.75, 3.05) is 25.0 Å². The van der Waals surface area contributed by atoms with Gasteiger partial charge in [0.2, 0.25) is 11.9 Å². The van der Waals surface area contributed by atoms with Crippen LogP contribution in [0.3, 0.4) is 0 Å². The Labute approximate surface area is 157 Å². The average molecular weight is 366 g/mol. The van der Waals surface area contributed by atoms with Gasteiger partial charge in [0.15, 0.2) is 0 Å². The van der Waals surface area contributed by atoms with Crippen LogP contribution in [0.1, 0.15) is 18.4 Å². The molecular weight excluding hydrogens is 343 g/mol. The Bertz CT molecular complexity index is 960. The second-order valence-corrected chi connectivity index (χ2v) is 6.99. The van der Waals surface area contributed by atoms with Gasteiger partial charge in [-0.05, 0) is 42.7 Å². The van der Waals surface area contributed by atoms with Crippen LogP contribution in [0.25, 0.3) is 11.0 Å². The molecule has 0 spiro atoms. The molecule has 2 heterocycles. The fourth-order valence-corrected chi connectivity index (χ4v) is 3.82. The van der Waals surface area contributed by atoms with E-state index < -0.39 is 0 Å². The highest BCUT2D eigenvalue weighted by Gasteiger charge is 2.27. The van der Waals surface area contributed by atoms with Crippen LogP contribution in [0.4, 0.5) is 10.3 Å². The third kappa shape index (κ3) is 3.52. The summed E-state index contributed by atoms with van der Waals surface area (Å²) in [7, 11) is 1.69. The first-order valence-corrected chi connectivity index (χ1v) is 9.32. The van der Waals surface area contributed by atoms with Gasteiger partial charge in [-0.15, -0.1) is 0 Å². The minimum absolute atomic E-state index is 0.0623. The van der Waals surface area contributed by atoms with Gasteiger partial charge in [0.1, 0.15) is 5.82 Å². The number of aromatic nitrogens is 2. The van der Waals surface area contributed by atoms with Crippen LogP contribution in [-0.2, 0) is 11.3 Å². The number of nitrogens with one attached hydrogen (secondary N) is 1. The Morgan fingerprint density at radius 1 is 1.19 bits per heavy atom. The summed E-state index contributed by atoms with van der Waals surface area (Å²) in [6.07, 6.45) is 1.62. The monoisotopic (exact) mass is 366 g/mol. The highest BCUT2D eigenvalue weighted by atomic mass is 19.1. The summed E-state index contributed by atoms with van der Waals surface area (Å²) in [6.45, 7) is 2.12. The molecule has 1 saturated heterocycles. The van der Waals surface area contributed by atoms with E-state index in [1.165, 1.54) is 6.07 Å². The van der Waals surface area contributed by atoms with Crippen LogP contribution >= 0.6 is 0 Å². The van der Waals surface area contributed by atoms with Gasteiger partial charge in [-0.1, -0.05) is 24.3 Å². The molecule has 0 radical (unpaired) electrons. The lowest BCUT2D eigenvalue weighted by Gasteiger charge is -2.32. The van der Waals surface area contributed by atoms with Crippen molar-refractivity contribution in [3.05, 3.63) is 59.9 Å². The molecule has 0 unspecified atom stereocenters. The number of imidazole rings is 1. The molecule has 0 aliphatic carbocycles. The Morgan fingerprint density at radius 3 is 2.70 bits per heavy atom. The summed E-state index contributed by atoms with van der Waals surface area (Å²) in [5, 5.41) is 2.75. The van der Waals surface area contributed by atoms with E-state index in [9.17, 15) is 9.18 Å². The molecule has 1 aromatic heterocycles. The van der Waals surface area contributed by atoms with E-state index in [0.717, 1.165) is 48.5 Å². The minimum atomic E-state index is -0.232. The summed E-state index contributed by atoms with van der Waals surface area (Å²) in [6, 6.07) is 14.7. The van der Waals surface area contributed by atoms with Crippen molar-refractivity contribution in [1.82, 2.24) is 14.9 Å². The molecule has 140 valence electrons. The normalized spacial score (nSPS) is 15.3.